The van der Waals surface area contributed by atoms with Crippen LogP contribution < -0.4 is 5.32 Å². The number of hydrogen-bond donors (Lipinski definition) is 1. The molecule has 1 saturated carbocycles. The van der Waals surface area contributed by atoms with E-state index in [1.54, 1.807) is 18.2 Å². The Labute approximate surface area is 134 Å². The maximum atomic E-state index is 12.1. The van der Waals surface area contributed by atoms with Crippen LogP contribution >= 0.6 is 11.8 Å². The van der Waals surface area contributed by atoms with Crippen molar-refractivity contribution in [3.63, 3.8) is 0 Å². The van der Waals surface area contributed by atoms with Crippen LogP contribution in [0.2, 0.25) is 0 Å². The Morgan fingerprint density at radius 3 is 2.82 bits per heavy atom. The summed E-state index contributed by atoms with van der Waals surface area (Å²) in [5.74, 6) is -0.218. The van der Waals surface area contributed by atoms with Crippen LogP contribution in [0.25, 0.3) is 0 Å². The zero-order valence-electron chi connectivity index (χ0n) is 12.8. The van der Waals surface area contributed by atoms with Gasteiger partial charge in [-0.2, -0.15) is 11.8 Å². The molecule has 1 amide bonds. The minimum Gasteiger partial charge on any atom is -0.319 e. The van der Waals surface area contributed by atoms with E-state index in [4.69, 9.17) is 0 Å². The number of hydrogen-bond acceptors (Lipinski definition) is 5. The van der Waals surface area contributed by atoms with E-state index >= 15 is 0 Å². The smallest absolute Gasteiger partial charge is 0.292 e. The fraction of sp³-hybridized carbons (Fsp3) is 0.533. The number of amides is 1. The van der Waals surface area contributed by atoms with Crippen LogP contribution in [0.5, 0.6) is 0 Å². The molecule has 120 valence electrons. The summed E-state index contributed by atoms with van der Waals surface area (Å²) < 4.78 is 0. The first-order chi connectivity index (χ1) is 10.5. The van der Waals surface area contributed by atoms with Gasteiger partial charge < -0.3 is 5.32 Å². The molecular weight excluding hydrogens is 302 g/mol. The predicted molar refractivity (Wildman–Crippen MR) is 89.3 cm³/mol. The zero-order valence-corrected chi connectivity index (χ0v) is 13.6. The van der Waals surface area contributed by atoms with Crippen molar-refractivity contribution in [2.24, 2.45) is 0 Å². The molecule has 0 heterocycles. The molecule has 0 bridgehead atoms. The highest BCUT2D eigenvalue weighted by atomic mass is 32.2. The number of para-hydroxylation sites is 2. The van der Waals surface area contributed by atoms with Crippen LogP contribution in [0.3, 0.4) is 0 Å². The number of nitrogens with zero attached hydrogens (tertiary/aromatic N) is 2. The van der Waals surface area contributed by atoms with Gasteiger partial charge in [0.2, 0.25) is 5.91 Å². The molecule has 2 unspecified atom stereocenters. The summed E-state index contributed by atoms with van der Waals surface area (Å²) in [5.41, 5.74) is 0.168. The third-order valence-electron chi connectivity index (χ3n) is 4.08. The third kappa shape index (κ3) is 4.20. The number of thioether (sulfide) groups is 1. The minimum absolute atomic E-state index is 0.0817. The third-order valence-corrected chi connectivity index (χ3v) is 5.18. The van der Waals surface area contributed by atoms with Gasteiger partial charge in [0.15, 0.2) is 0 Å². The summed E-state index contributed by atoms with van der Waals surface area (Å²) in [6, 6.07) is 6.61. The first-order valence-corrected chi connectivity index (χ1v) is 8.56. The minimum atomic E-state index is -0.487. The molecule has 2 rings (SSSR count). The van der Waals surface area contributed by atoms with E-state index in [0.29, 0.717) is 11.3 Å². The van der Waals surface area contributed by atoms with E-state index in [2.05, 4.69) is 11.6 Å². The second-order valence-electron chi connectivity index (χ2n) is 5.56. The number of anilines is 1. The molecule has 22 heavy (non-hydrogen) atoms. The van der Waals surface area contributed by atoms with Gasteiger partial charge in [-0.05, 0) is 38.6 Å². The molecule has 1 aliphatic rings. The van der Waals surface area contributed by atoms with Crippen molar-refractivity contribution >= 4 is 29.0 Å². The average Bonchev–Trinajstić information content (AvgIpc) is 2.96. The lowest BCUT2D eigenvalue weighted by Crippen LogP contribution is -2.36. The normalized spacial score (nSPS) is 21.0. The number of nitro benzene ring substituents is 1. The molecule has 0 aliphatic heterocycles. The van der Waals surface area contributed by atoms with Gasteiger partial charge in [-0.25, -0.2) is 0 Å². The van der Waals surface area contributed by atoms with Crippen molar-refractivity contribution in [1.82, 2.24) is 4.90 Å². The molecule has 1 aromatic rings. The summed E-state index contributed by atoms with van der Waals surface area (Å²) in [4.78, 5) is 24.6. The highest BCUT2D eigenvalue weighted by Gasteiger charge is 2.28. The number of likely N-dealkylation sites (N-methyl/N-ethyl adjacent to an activating group) is 1. The molecule has 2 atom stereocenters. The Balaban J connectivity index is 1.92. The fourth-order valence-corrected chi connectivity index (χ4v) is 3.60. The van der Waals surface area contributed by atoms with Crippen LogP contribution in [-0.4, -0.2) is 46.9 Å². The van der Waals surface area contributed by atoms with E-state index in [1.807, 2.05) is 23.7 Å². The van der Waals surface area contributed by atoms with Gasteiger partial charge in [-0.15, -0.1) is 0 Å². The highest BCUT2D eigenvalue weighted by Crippen LogP contribution is 2.31. The largest absolute Gasteiger partial charge is 0.319 e. The Kier molecular flexibility index (Phi) is 5.79. The van der Waals surface area contributed by atoms with E-state index in [0.717, 1.165) is 12.8 Å². The summed E-state index contributed by atoms with van der Waals surface area (Å²) in [6.07, 6.45) is 5.49. The Bertz CT molecular complexity index is 553. The number of nitro groups is 1. The van der Waals surface area contributed by atoms with Gasteiger partial charge >= 0.3 is 0 Å². The van der Waals surface area contributed by atoms with Gasteiger partial charge in [0.05, 0.1) is 11.5 Å². The lowest BCUT2D eigenvalue weighted by atomic mass is 10.2. The van der Waals surface area contributed by atoms with Crippen molar-refractivity contribution < 1.29 is 9.72 Å². The van der Waals surface area contributed by atoms with E-state index in [9.17, 15) is 14.9 Å². The quantitative estimate of drug-likeness (QED) is 0.643. The summed E-state index contributed by atoms with van der Waals surface area (Å²) >= 11 is 1.88. The van der Waals surface area contributed by atoms with Crippen LogP contribution in [-0.2, 0) is 4.79 Å². The monoisotopic (exact) mass is 323 g/mol. The standard InChI is InChI=1S/C15H21N3O3S/c1-17(11-7-8-12(9-11)22-2)10-15(19)16-13-5-3-4-6-14(13)18(20)21/h3-6,11-12H,7-10H2,1-2H3,(H,16,19). The molecule has 0 aromatic heterocycles. The maximum absolute atomic E-state index is 12.1. The Morgan fingerprint density at radius 1 is 1.45 bits per heavy atom. The molecule has 0 spiro atoms. The van der Waals surface area contributed by atoms with Gasteiger partial charge in [0.1, 0.15) is 5.69 Å². The molecule has 7 heteroatoms. The predicted octanol–water partition coefficient (Wildman–Crippen LogP) is 2.75. The molecular formula is C15H21N3O3S. The number of nitrogens with one attached hydrogen (secondary N) is 1. The topological polar surface area (TPSA) is 75.5 Å². The molecule has 0 saturated heterocycles. The van der Waals surface area contributed by atoms with Crippen molar-refractivity contribution in [3.05, 3.63) is 34.4 Å². The van der Waals surface area contributed by atoms with Crippen molar-refractivity contribution in [3.8, 4) is 0 Å². The van der Waals surface area contributed by atoms with E-state index < -0.39 is 4.92 Å². The molecule has 0 radical (unpaired) electrons. The SMILES string of the molecule is CSC1CCC(N(C)CC(=O)Nc2ccccc2[N+](=O)[O-])C1. The molecule has 6 nitrogen and oxygen atoms in total. The van der Waals surface area contributed by atoms with Crippen molar-refractivity contribution in [1.29, 1.82) is 0 Å². The summed E-state index contributed by atoms with van der Waals surface area (Å²) in [6.45, 7) is 0.248. The molecule has 1 aromatic carbocycles. The van der Waals surface area contributed by atoms with Crippen LogP contribution in [0, 0.1) is 10.1 Å². The van der Waals surface area contributed by atoms with Gasteiger partial charge in [0, 0.05) is 17.4 Å². The number of rotatable bonds is 6. The van der Waals surface area contributed by atoms with Gasteiger partial charge in [-0.3, -0.25) is 19.8 Å². The second kappa shape index (κ2) is 7.60. The Hall–Kier alpha value is -1.60. The van der Waals surface area contributed by atoms with Crippen molar-refractivity contribution in [2.45, 2.75) is 30.6 Å². The molecule has 1 N–H and O–H groups in total. The first-order valence-electron chi connectivity index (χ1n) is 7.27. The maximum Gasteiger partial charge on any atom is 0.292 e. The van der Waals surface area contributed by atoms with E-state index in [-0.39, 0.29) is 23.8 Å². The number of carbonyl (C=O) groups is 1. The lowest BCUT2D eigenvalue weighted by molar-refractivity contribution is -0.383. The van der Waals surface area contributed by atoms with Gasteiger partial charge in [-0.1, -0.05) is 12.1 Å². The summed E-state index contributed by atoms with van der Waals surface area (Å²) in [7, 11) is 1.94. The number of benzene rings is 1. The second-order valence-corrected chi connectivity index (χ2v) is 6.70. The zero-order chi connectivity index (χ0) is 16.1. The Morgan fingerprint density at radius 2 is 2.18 bits per heavy atom. The van der Waals surface area contributed by atoms with Crippen molar-refractivity contribution in [2.75, 3.05) is 25.2 Å². The first kappa shape index (κ1) is 16.8. The van der Waals surface area contributed by atoms with Crippen LogP contribution in [0.15, 0.2) is 24.3 Å². The fourth-order valence-electron chi connectivity index (χ4n) is 2.82. The van der Waals surface area contributed by atoms with E-state index in [1.165, 1.54) is 12.5 Å². The van der Waals surface area contributed by atoms with Gasteiger partial charge in [0.25, 0.3) is 5.69 Å². The van der Waals surface area contributed by atoms with Crippen LogP contribution in [0.1, 0.15) is 19.3 Å². The highest BCUT2D eigenvalue weighted by molar-refractivity contribution is 7.99. The molecule has 1 aliphatic carbocycles. The lowest BCUT2D eigenvalue weighted by Gasteiger charge is -2.23. The average molecular weight is 323 g/mol. The summed E-state index contributed by atoms with van der Waals surface area (Å²) in [5, 5.41) is 14.3. The van der Waals surface area contributed by atoms with Crippen LogP contribution in [0.4, 0.5) is 11.4 Å². The molecule has 1 fully saturated rings. The number of carbonyl (C=O) groups excluding carboxylic acids is 1.